The zero-order chi connectivity index (χ0) is 14.7. The van der Waals surface area contributed by atoms with Crippen molar-refractivity contribution in [2.24, 2.45) is 0 Å². The molecule has 0 aliphatic heterocycles. The minimum Gasteiger partial charge on any atom is -0.373 e. The van der Waals surface area contributed by atoms with Gasteiger partial charge in [0.2, 0.25) is 0 Å². The van der Waals surface area contributed by atoms with Crippen LogP contribution >= 0.6 is 0 Å². The number of aromatic nitrogens is 2. The number of rotatable bonds is 3. The summed E-state index contributed by atoms with van der Waals surface area (Å²) in [6, 6.07) is 11.1. The summed E-state index contributed by atoms with van der Waals surface area (Å²) < 4.78 is 0. The molecule has 21 heavy (non-hydrogen) atoms. The molecule has 0 bridgehead atoms. The van der Waals surface area contributed by atoms with Crippen molar-refractivity contribution < 1.29 is 4.79 Å². The lowest BCUT2D eigenvalue weighted by atomic mass is 10.1. The minimum atomic E-state index is -0.186. The number of pyridine rings is 2. The molecule has 5 nitrogen and oxygen atoms in total. The Balaban J connectivity index is 1.89. The van der Waals surface area contributed by atoms with E-state index >= 15 is 0 Å². The molecule has 0 fully saturated rings. The van der Waals surface area contributed by atoms with Gasteiger partial charge < -0.3 is 10.6 Å². The first kappa shape index (κ1) is 13.1. The van der Waals surface area contributed by atoms with Crippen LogP contribution in [0.1, 0.15) is 10.4 Å². The highest BCUT2D eigenvalue weighted by atomic mass is 16.1. The van der Waals surface area contributed by atoms with E-state index in [0.29, 0.717) is 5.56 Å². The third-order valence-corrected chi connectivity index (χ3v) is 3.21. The molecule has 0 saturated carbocycles. The first-order valence-corrected chi connectivity index (χ1v) is 6.56. The number of fused-ring (bicyclic) bond motifs is 1. The van der Waals surface area contributed by atoms with Crippen LogP contribution in [0.2, 0.25) is 0 Å². The lowest BCUT2D eigenvalue weighted by molar-refractivity contribution is 0.102. The summed E-state index contributed by atoms with van der Waals surface area (Å²) in [7, 11) is 1.78. The number of carbonyl (C=O) groups is 1. The molecule has 0 saturated heterocycles. The fourth-order valence-corrected chi connectivity index (χ4v) is 2.10. The largest absolute Gasteiger partial charge is 0.373 e. The van der Waals surface area contributed by atoms with Crippen LogP contribution in [0.3, 0.4) is 0 Å². The molecular formula is C16H14N4O. The van der Waals surface area contributed by atoms with E-state index in [4.69, 9.17) is 0 Å². The summed E-state index contributed by atoms with van der Waals surface area (Å²) in [6.45, 7) is 0. The Hall–Kier alpha value is -2.95. The van der Waals surface area contributed by atoms with Gasteiger partial charge in [0.15, 0.2) is 0 Å². The molecule has 2 heterocycles. The summed E-state index contributed by atoms with van der Waals surface area (Å²) in [6.07, 6.45) is 5.03. The van der Waals surface area contributed by atoms with Crippen LogP contribution in [0.4, 0.5) is 11.5 Å². The summed E-state index contributed by atoms with van der Waals surface area (Å²) in [5, 5.41) is 7.77. The molecule has 2 aromatic heterocycles. The van der Waals surface area contributed by atoms with Gasteiger partial charge in [-0.05, 0) is 24.3 Å². The Bertz CT molecular complexity index is 778. The normalized spacial score (nSPS) is 10.3. The van der Waals surface area contributed by atoms with Gasteiger partial charge in [0, 0.05) is 42.1 Å². The van der Waals surface area contributed by atoms with E-state index in [1.165, 1.54) is 0 Å². The minimum absolute atomic E-state index is 0.186. The maximum atomic E-state index is 12.3. The molecule has 3 aromatic rings. The van der Waals surface area contributed by atoms with E-state index in [2.05, 4.69) is 20.6 Å². The number of benzene rings is 1. The number of carbonyl (C=O) groups excluding carboxylic acids is 1. The highest BCUT2D eigenvalue weighted by Crippen LogP contribution is 2.22. The maximum absolute atomic E-state index is 12.3. The van der Waals surface area contributed by atoms with Gasteiger partial charge in [-0.2, -0.15) is 0 Å². The first-order chi connectivity index (χ1) is 10.3. The van der Waals surface area contributed by atoms with Gasteiger partial charge in [-0.3, -0.25) is 9.78 Å². The van der Waals surface area contributed by atoms with Gasteiger partial charge in [0.05, 0.1) is 5.56 Å². The van der Waals surface area contributed by atoms with Crippen LogP contribution in [0.15, 0.2) is 55.0 Å². The summed E-state index contributed by atoms with van der Waals surface area (Å²) in [5.41, 5.74) is 1.28. The van der Waals surface area contributed by atoms with E-state index in [1.807, 2.05) is 24.3 Å². The van der Waals surface area contributed by atoms with Crippen LogP contribution in [-0.4, -0.2) is 22.9 Å². The van der Waals surface area contributed by atoms with E-state index < -0.39 is 0 Å². The second-order valence-corrected chi connectivity index (χ2v) is 4.54. The van der Waals surface area contributed by atoms with Crippen LogP contribution in [0.5, 0.6) is 0 Å². The van der Waals surface area contributed by atoms with E-state index in [9.17, 15) is 4.79 Å². The number of nitrogens with zero attached hydrogens (tertiary/aromatic N) is 2. The lowest BCUT2D eigenvalue weighted by Gasteiger charge is -2.08. The van der Waals surface area contributed by atoms with Crippen molar-refractivity contribution in [2.75, 3.05) is 17.7 Å². The van der Waals surface area contributed by atoms with Crippen molar-refractivity contribution in [3.63, 3.8) is 0 Å². The standard InChI is InChI=1S/C16H14N4O/c1-17-15-6-5-12(10-19-15)16(21)20-14-4-2-3-11-9-18-8-7-13(11)14/h2-10H,1H3,(H,17,19)(H,20,21). The molecule has 0 aliphatic carbocycles. The number of hydrogen-bond donors (Lipinski definition) is 2. The van der Waals surface area contributed by atoms with Gasteiger partial charge in [-0.25, -0.2) is 4.98 Å². The Labute approximate surface area is 122 Å². The molecular weight excluding hydrogens is 264 g/mol. The van der Waals surface area contributed by atoms with E-state index in [-0.39, 0.29) is 5.91 Å². The number of amides is 1. The third-order valence-electron chi connectivity index (χ3n) is 3.21. The average Bonchev–Trinajstić information content (AvgIpc) is 2.55. The number of hydrogen-bond acceptors (Lipinski definition) is 4. The molecule has 1 amide bonds. The molecule has 104 valence electrons. The van der Waals surface area contributed by atoms with Crippen LogP contribution in [0.25, 0.3) is 10.8 Å². The molecule has 0 spiro atoms. The number of nitrogens with one attached hydrogen (secondary N) is 2. The van der Waals surface area contributed by atoms with Gasteiger partial charge in [0.25, 0.3) is 5.91 Å². The monoisotopic (exact) mass is 278 g/mol. The van der Waals surface area contributed by atoms with Crippen LogP contribution < -0.4 is 10.6 Å². The van der Waals surface area contributed by atoms with E-state index in [1.54, 1.807) is 37.8 Å². The molecule has 3 rings (SSSR count). The second-order valence-electron chi connectivity index (χ2n) is 4.54. The summed E-state index contributed by atoms with van der Waals surface area (Å²) in [4.78, 5) is 20.5. The van der Waals surface area contributed by atoms with Crippen molar-refractivity contribution >= 4 is 28.2 Å². The fourth-order valence-electron chi connectivity index (χ4n) is 2.10. The highest BCUT2D eigenvalue weighted by Gasteiger charge is 2.08. The SMILES string of the molecule is CNc1ccc(C(=O)Nc2cccc3cnccc23)cn1. The zero-order valence-corrected chi connectivity index (χ0v) is 11.5. The topological polar surface area (TPSA) is 66.9 Å². The van der Waals surface area contributed by atoms with Crippen molar-refractivity contribution in [2.45, 2.75) is 0 Å². The molecule has 0 aliphatic rings. The zero-order valence-electron chi connectivity index (χ0n) is 11.5. The van der Waals surface area contributed by atoms with Crippen molar-refractivity contribution in [1.29, 1.82) is 0 Å². The molecule has 0 atom stereocenters. The molecule has 1 aromatic carbocycles. The second kappa shape index (κ2) is 5.58. The number of anilines is 2. The van der Waals surface area contributed by atoms with Gasteiger partial charge >= 0.3 is 0 Å². The summed E-state index contributed by atoms with van der Waals surface area (Å²) in [5.74, 6) is 0.539. The molecule has 5 heteroatoms. The predicted octanol–water partition coefficient (Wildman–Crippen LogP) is 2.92. The predicted molar refractivity (Wildman–Crippen MR) is 83.5 cm³/mol. The smallest absolute Gasteiger partial charge is 0.257 e. The lowest BCUT2D eigenvalue weighted by Crippen LogP contribution is -2.12. The Morgan fingerprint density at radius 1 is 1.10 bits per heavy atom. The quantitative estimate of drug-likeness (QED) is 0.773. The van der Waals surface area contributed by atoms with E-state index in [0.717, 1.165) is 22.3 Å². The molecule has 0 radical (unpaired) electrons. The van der Waals surface area contributed by atoms with Gasteiger partial charge in [-0.1, -0.05) is 12.1 Å². The van der Waals surface area contributed by atoms with Crippen molar-refractivity contribution in [1.82, 2.24) is 9.97 Å². The summed E-state index contributed by atoms with van der Waals surface area (Å²) >= 11 is 0. The average molecular weight is 278 g/mol. The molecule has 2 N–H and O–H groups in total. The first-order valence-electron chi connectivity index (χ1n) is 6.56. The highest BCUT2D eigenvalue weighted by molar-refractivity contribution is 6.08. The Morgan fingerprint density at radius 2 is 2.00 bits per heavy atom. The Morgan fingerprint density at radius 3 is 2.76 bits per heavy atom. The van der Waals surface area contributed by atoms with Crippen LogP contribution in [0, 0.1) is 0 Å². The maximum Gasteiger partial charge on any atom is 0.257 e. The third kappa shape index (κ3) is 2.67. The van der Waals surface area contributed by atoms with Gasteiger partial charge in [-0.15, -0.1) is 0 Å². The Kier molecular flexibility index (Phi) is 3.47. The van der Waals surface area contributed by atoms with Crippen molar-refractivity contribution in [3.05, 3.63) is 60.6 Å². The fraction of sp³-hybridized carbons (Fsp3) is 0.0625. The van der Waals surface area contributed by atoms with Gasteiger partial charge in [0.1, 0.15) is 5.82 Å². The molecule has 0 unspecified atom stereocenters. The van der Waals surface area contributed by atoms with Crippen LogP contribution in [-0.2, 0) is 0 Å². The van der Waals surface area contributed by atoms with Crippen molar-refractivity contribution in [3.8, 4) is 0 Å².